The van der Waals surface area contributed by atoms with Crippen molar-refractivity contribution in [2.75, 3.05) is 0 Å². The number of aryl methyl sites for hydroxylation is 2. The summed E-state index contributed by atoms with van der Waals surface area (Å²) in [6.45, 7) is 6.28. The third-order valence-corrected chi connectivity index (χ3v) is 3.72. The molecular formula is C18H19Cl. The predicted molar refractivity (Wildman–Crippen MR) is 84.5 cm³/mol. The van der Waals surface area contributed by atoms with Crippen molar-refractivity contribution in [3.05, 3.63) is 75.8 Å². The van der Waals surface area contributed by atoms with Crippen molar-refractivity contribution in [2.24, 2.45) is 0 Å². The van der Waals surface area contributed by atoms with E-state index in [1.165, 1.54) is 22.3 Å². The number of hydrogen-bond acceptors (Lipinski definition) is 0. The van der Waals surface area contributed by atoms with E-state index in [1.54, 1.807) is 0 Å². The normalized spacial score (nSPS) is 10.3. The van der Waals surface area contributed by atoms with E-state index < -0.39 is 0 Å². The van der Waals surface area contributed by atoms with E-state index in [-0.39, 0.29) is 0 Å². The standard InChI is InChI=1S/C18H19Cl/c1-4-17(19)18(15-9-5-13(2)6-10-15)16-11-7-14(3)8-12-16/h5-12H,4H2,1-3H3. The lowest BCUT2D eigenvalue weighted by atomic mass is 9.95. The first-order valence-electron chi connectivity index (χ1n) is 6.64. The molecule has 19 heavy (non-hydrogen) atoms. The van der Waals surface area contributed by atoms with Crippen LogP contribution in [-0.4, -0.2) is 0 Å². The Hall–Kier alpha value is -1.53. The van der Waals surface area contributed by atoms with Gasteiger partial charge in [-0.15, -0.1) is 0 Å². The van der Waals surface area contributed by atoms with Crippen LogP contribution in [0.25, 0.3) is 5.57 Å². The second kappa shape index (κ2) is 6.08. The zero-order chi connectivity index (χ0) is 13.8. The molecule has 2 aromatic carbocycles. The first-order chi connectivity index (χ1) is 9.11. The lowest BCUT2D eigenvalue weighted by Gasteiger charge is -2.12. The first kappa shape index (κ1) is 13.9. The highest BCUT2D eigenvalue weighted by molar-refractivity contribution is 6.33. The van der Waals surface area contributed by atoms with Crippen LogP contribution in [0.2, 0.25) is 0 Å². The number of halogens is 1. The van der Waals surface area contributed by atoms with Gasteiger partial charge < -0.3 is 0 Å². The van der Waals surface area contributed by atoms with E-state index in [1.807, 2.05) is 0 Å². The zero-order valence-corrected chi connectivity index (χ0v) is 12.5. The number of allylic oxidation sites excluding steroid dienone is 1. The van der Waals surface area contributed by atoms with Crippen molar-refractivity contribution in [1.29, 1.82) is 0 Å². The van der Waals surface area contributed by atoms with E-state index in [4.69, 9.17) is 11.6 Å². The number of rotatable bonds is 3. The molecule has 0 unspecified atom stereocenters. The van der Waals surface area contributed by atoms with Crippen molar-refractivity contribution < 1.29 is 0 Å². The molecule has 0 heterocycles. The minimum absolute atomic E-state index is 0.846. The van der Waals surface area contributed by atoms with Gasteiger partial charge in [-0.2, -0.15) is 0 Å². The lowest BCUT2D eigenvalue weighted by Crippen LogP contribution is -1.91. The molecule has 0 aromatic heterocycles. The lowest BCUT2D eigenvalue weighted by molar-refractivity contribution is 1.19. The van der Waals surface area contributed by atoms with Crippen LogP contribution in [0.5, 0.6) is 0 Å². The fourth-order valence-corrected chi connectivity index (χ4v) is 2.32. The summed E-state index contributed by atoms with van der Waals surface area (Å²) in [4.78, 5) is 0. The van der Waals surface area contributed by atoms with E-state index in [0.29, 0.717) is 0 Å². The molecule has 0 aliphatic rings. The molecular weight excluding hydrogens is 252 g/mol. The van der Waals surface area contributed by atoms with Gasteiger partial charge in [-0.3, -0.25) is 0 Å². The third kappa shape index (κ3) is 3.27. The molecule has 0 radical (unpaired) electrons. The SMILES string of the molecule is CCC(Cl)=C(c1ccc(C)cc1)c1ccc(C)cc1. The molecule has 0 N–H and O–H groups in total. The Balaban J connectivity index is 2.54. The van der Waals surface area contributed by atoms with Gasteiger partial charge in [0.2, 0.25) is 0 Å². The predicted octanol–water partition coefficient (Wildman–Crippen LogP) is 5.71. The van der Waals surface area contributed by atoms with Crippen LogP contribution < -0.4 is 0 Å². The van der Waals surface area contributed by atoms with Gasteiger partial charge in [0.05, 0.1) is 0 Å². The summed E-state index contributed by atoms with van der Waals surface area (Å²) >= 11 is 6.46. The molecule has 0 aliphatic carbocycles. The molecule has 0 fully saturated rings. The highest BCUT2D eigenvalue weighted by atomic mass is 35.5. The molecule has 0 saturated heterocycles. The van der Waals surface area contributed by atoms with Crippen molar-refractivity contribution in [2.45, 2.75) is 27.2 Å². The molecule has 98 valence electrons. The summed E-state index contributed by atoms with van der Waals surface area (Å²) in [6.07, 6.45) is 0.846. The molecule has 0 bridgehead atoms. The monoisotopic (exact) mass is 270 g/mol. The minimum Gasteiger partial charge on any atom is -0.0885 e. The number of benzene rings is 2. The average molecular weight is 271 g/mol. The second-order valence-corrected chi connectivity index (χ2v) is 5.32. The Morgan fingerprint density at radius 3 is 1.47 bits per heavy atom. The number of hydrogen-bond donors (Lipinski definition) is 0. The molecule has 2 rings (SSSR count). The summed E-state index contributed by atoms with van der Waals surface area (Å²) < 4.78 is 0. The summed E-state index contributed by atoms with van der Waals surface area (Å²) in [5.41, 5.74) is 6.03. The van der Waals surface area contributed by atoms with E-state index in [0.717, 1.165) is 17.0 Å². The zero-order valence-electron chi connectivity index (χ0n) is 11.7. The maximum atomic E-state index is 6.46. The molecule has 0 atom stereocenters. The van der Waals surface area contributed by atoms with Crippen LogP contribution in [0.3, 0.4) is 0 Å². The van der Waals surface area contributed by atoms with Crippen LogP contribution in [0.1, 0.15) is 35.6 Å². The van der Waals surface area contributed by atoms with Crippen LogP contribution >= 0.6 is 11.6 Å². The molecule has 0 nitrogen and oxygen atoms in total. The van der Waals surface area contributed by atoms with Crippen molar-refractivity contribution in [3.8, 4) is 0 Å². The van der Waals surface area contributed by atoms with Crippen molar-refractivity contribution >= 4 is 17.2 Å². The Morgan fingerprint density at radius 1 is 0.789 bits per heavy atom. The minimum atomic E-state index is 0.846. The smallest absolute Gasteiger partial charge is 0.0262 e. The van der Waals surface area contributed by atoms with Gasteiger partial charge in [0, 0.05) is 10.6 Å². The van der Waals surface area contributed by atoms with Crippen LogP contribution in [0.4, 0.5) is 0 Å². The van der Waals surface area contributed by atoms with Gasteiger partial charge in [0.25, 0.3) is 0 Å². The Kier molecular flexibility index (Phi) is 4.44. The van der Waals surface area contributed by atoms with Crippen LogP contribution in [0, 0.1) is 13.8 Å². The van der Waals surface area contributed by atoms with Gasteiger partial charge in [-0.25, -0.2) is 0 Å². The van der Waals surface area contributed by atoms with Crippen molar-refractivity contribution in [1.82, 2.24) is 0 Å². The van der Waals surface area contributed by atoms with Gasteiger partial charge in [0.15, 0.2) is 0 Å². The van der Waals surface area contributed by atoms with Gasteiger partial charge in [-0.05, 0) is 31.4 Å². The van der Waals surface area contributed by atoms with E-state index in [2.05, 4.69) is 69.3 Å². The van der Waals surface area contributed by atoms with Crippen LogP contribution in [0.15, 0.2) is 53.6 Å². The van der Waals surface area contributed by atoms with Gasteiger partial charge >= 0.3 is 0 Å². The molecule has 0 saturated carbocycles. The average Bonchev–Trinajstić information content (AvgIpc) is 2.43. The first-order valence-corrected chi connectivity index (χ1v) is 7.02. The van der Waals surface area contributed by atoms with Gasteiger partial charge in [-0.1, -0.05) is 78.2 Å². The Morgan fingerprint density at radius 2 is 1.16 bits per heavy atom. The third-order valence-electron chi connectivity index (χ3n) is 3.26. The van der Waals surface area contributed by atoms with E-state index >= 15 is 0 Å². The van der Waals surface area contributed by atoms with Crippen LogP contribution in [-0.2, 0) is 0 Å². The molecule has 1 heteroatoms. The Labute approximate surface area is 120 Å². The summed E-state index contributed by atoms with van der Waals surface area (Å²) in [7, 11) is 0. The Bertz CT molecular complexity index is 527. The van der Waals surface area contributed by atoms with E-state index in [9.17, 15) is 0 Å². The molecule has 0 amide bonds. The maximum absolute atomic E-state index is 6.46. The largest absolute Gasteiger partial charge is 0.0885 e. The topological polar surface area (TPSA) is 0 Å². The summed E-state index contributed by atoms with van der Waals surface area (Å²) in [5, 5.41) is 0.910. The molecule has 2 aromatic rings. The highest BCUT2D eigenvalue weighted by Crippen LogP contribution is 2.30. The summed E-state index contributed by atoms with van der Waals surface area (Å²) in [6, 6.07) is 17.1. The molecule has 0 aliphatic heterocycles. The van der Waals surface area contributed by atoms with Gasteiger partial charge in [0.1, 0.15) is 0 Å². The second-order valence-electron chi connectivity index (χ2n) is 4.87. The fourth-order valence-electron chi connectivity index (χ4n) is 2.10. The molecule has 0 spiro atoms. The van der Waals surface area contributed by atoms with Crippen molar-refractivity contribution in [3.63, 3.8) is 0 Å². The summed E-state index contributed by atoms with van der Waals surface area (Å²) in [5.74, 6) is 0. The quantitative estimate of drug-likeness (QED) is 0.670. The fraction of sp³-hybridized carbons (Fsp3) is 0.222. The maximum Gasteiger partial charge on any atom is 0.0262 e. The highest BCUT2D eigenvalue weighted by Gasteiger charge is 2.09.